The van der Waals surface area contributed by atoms with Gasteiger partial charge in [0, 0.05) is 16.9 Å². The van der Waals surface area contributed by atoms with Crippen molar-refractivity contribution in [2.24, 2.45) is 0 Å². The van der Waals surface area contributed by atoms with Crippen LogP contribution < -0.4 is 0 Å². The lowest BCUT2D eigenvalue weighted by Crippen LogP contribution is -2.43. The molecule has 2 atom stereocenters. The second kappa shape index (κ2) is 12.6. The molecule has 214 valence electrons. The number of allylic oxidation sites excluding steroid dienone is 2. The Hall–Kier alpha value is -3.06. The molecule has 1 saturated heterocycles. The Bertz CT molecular complexity index is 1320. The van der Waals surface area contributed by atoms with Crippen LogP contribution in [0.15, 0.2) is 72.8 Å². The molecule has 6 nitrogen and oxygen atoms in total. The van der Waals surface area contributed by atoms with Crippen molar-refractivity contribution >= 4 is 17.8 Å². The van der Waals surface area contributed by atoms with E-state index in [2.05, 4.69) is 10.1 Å². The molecule has 40 heavy (non-hydrogen) atoms. The highest BCUT2D eigenvalue weighted by molar-refractivity contribution is 8.00. The molecule has 1 aliphatic rings. The number of thioether (sulfide) groups is 1. The Morgan fingerprint density at radius 1 is 1.15 bits per heavy atom. The van der Waals surface area contributed by atoms with Crippen molar-refractivity contribution in [2.75, 3.05) is 13.2 Å². The van der Waals surface area contributed by atoms with Crippen LogP contribution in [0.2, 0.25) is 0 Å². The summed E-state index contributed by atoms with van der Waals surface area (Å²) in [5.41, 5.74) is -1.10. The van der Waals surface area contributed by atoms with E-state index in [1.165, 1.54) is 47.3 Å². The van der Waals surface area contributed by atoms with Crippen LogP contribution in [0.3, 0.4) is 0 Å². The van der Waals surface area contributed by atoms with Crippen molar-refractivity contribution in [2.45, 2.75) is 49.0 Å². The smallest absolute Gasteiger partial charge is 0.382 e. The predicted molar refractivity (Wildman–Crippen MR) is 141 cm³/mol. The van der Waals surface area contributed by atoms with Gasteiger partial charge in [-0.05, 0) is 36.8 Å². The zero-order valence-electron chi connectivity index (χ0n) is 21.7. The van der Waals surface area contributed by atoms with Crippen molar-refractivity contribution in [3.05, 3.63) is 101 Å². The Morgan fingerprint density at radius 2 is 1.85 bits per heavy atom. The first kappa shape index (κ1) is 29.9. The minimum atomic E-state index is -4.38. The minimum absolute atomic E-state index is 0.0571. The number of rotatable bonds is 9. The third-order valence-electron chi connectivity index (χ3n) is 6.40. The molecule has 0 radical (unpaired) electrons. The molecule has 1 aromatic heterocycles. The first-order chi connectivity index (χ1) is 18.9. The highest BCUT2D eigenvalue weighted by atomic mass is 32.2. The summed E-state index contributed by atoms with van der Waals surface area (Å²) in [6, 6.07) is 7.91. The van der Waals surface area contributed by atoms with E-state index in [1.807, 2.05) is 6.92 Å². The van der Waals surface area contributed by atoms with Crippen molar-refractivity contribution < 1.29 is 36.5 Å². The van der Waals surface area contributed by atoms with E-state index >= 15 is 0 Å². The minimum Gasteiger partial charge on any atom is -0.382 e. The molecular weight excluding hydrogens is 553 g/mol. The number of hydrogen-bond acceptors (Lipinski definition) is 6. The Balaban J connectivity index is 1.36. The van der Waals surface area contributed by atoms with Gasteiger partial charge in [0.05, 0.1) is 30.6 Å². The molecule has 1 N–H and O–H groups in total. The number of alkyl halides is 3. The molecule has 0 bridgehead atoms. The van der Waals surface area contributed by atoms with Gasteiger partial charge < -0.3 is 14.6 Å². The van der Waals surface area contributed by atoms with E-state index < -0.39 is 40.5 Å². The third kappa shape index (κ3) is 7.57. The number of ether oxygens (including phenoxy) is 2. The van der Waals surface area contributed by atoms with Crippen LogP contribution in [0.4, 0.5) is 22.0 Å². The fourth-order valence-electron chi connectivity index (χ4n) is 4.19. The van der Waals surface area contributed by atoms with E-state index in [9.17, 15) is 27.1 Å². The summed E-state index contributed by atoms with van der Waals surface area (Å²) in [7, 11) is 0. The maximum atomic E-state index is 14.8. The molecule has 2 heterocycles. The van der Waals surface area contributed by atoms with Crippen molar-refractivity contribution in [1.82, 2.24) is 14.8 Å². The van der Waals surface area contributed by atoms with Crippen molar-refractivity contribution in [3.8, 4) is 0 Å². The number of halogens is 5. The van der Waals surface area contributed by atoms with E-state index in [0.29, 0.717) is 5.56 Å². The van der Waals surface area contributed by atoms with Gasteiger partial charge in [0.15, 0.2) is 6.29 Å². The fraction of sp³-hybridized carbons (Fsp3) is 0.357. The maximum absolute atomic E-state index is 14.8. The zero-order valence-corrected chi connectivity index (χ0v) is 22.5. The highest BCUT2D eigenvalue weighted by Gasteiger charge is 2.41. The first-order valence-corrected chi connectivity index (χ1v) is 13.3. The Morgan fingerprint density at radius 3 is 2.45 bits per heavy atom. The molecule has 0 spiro atoms. The lowest BCUT2D eigenvalue weighted by Gasteiger charge is -2.37. The van der Waals surface area contributed by atoms with Gasteiger partial charge in [-0.25, -0.2) is 18.4 Å². The number of aromatic nitrogens is 3. The lowest BCUT2D eigenvalue weighted by molar-refractivity contribution is -0.146. The van der Waals surface area contributed by atoms with Crippen LogP contribution in [-0.2, 0) is 27.8 Å². The van der Waals surface area contributed by atoms with Gasteiger partial charge in [-0.2, -0.15) is 18.3 Å². The summed E-state index contributed by atoms with van der Waals surface area (Å²) < 4.78 is 79.5. The number of aliphatic hydroxyl groups is 1. The average Bonchev–Trinajstić information content (AvgIpc) is 3.41. The topological polar surface area (TPSA) is 69.4 Å². The van der Waals surface area contributed by atoms with Crippen LogP contribution >= 0.6 is 11.8 Å². The molecule has 0 aliphatic carbocycles. The van der Waals surface area contributed by atoms with Crippen LogP contribution in [-0.4, -0.2) is 49.9 Å². The van der Waals surface area contributed by atoms with Crippen molar-refractivity contribution in [1.29, 1.82) is 0 Å². The van der Waals surface area contributed by atoms with E-state index in [-0.39, 0.29) is 30.6 Å². The van der Waals surface area contributed by atoms with Crippen LogP contribution in [0.1, 0.15) is 30.5 Å². The molecule has 3 aromatic rings. The number of benzene rings is 2. The quantitative estimate of drug-likeness (QED) is 0.248. The zero-order chi connectivity index (χ0) is 28.9. The molecular formula is C28H28F5N3O3S. The molecule has 2 aromatic carbocycles. The van der Waals surface area contributed by atoms with Gasteiger partial charge in [-0.15, -0.1) is 11.8 Å². The Labute approximate surface area is 232 Å². The van der Waals surface area contributed by atoms with Gasteiger partial charge >= 0.3 is 6.18 Å². The van der Waals surface area contributed by atoms with Gasteiger partial charge in [-0.3, -0.25) is 0 Å². The SMILES string of the molecule is CC(C=Cc1ccc(C(F)(F)F)cc1)=C[C@H]1OC[C@H](S[C@H](C)[C@](O)(Cn2cncn2)c2ccc(F)cc2F)CO1. The maximum Gasteiger partial charge on any atom is 0.416 e. The highest BCUT2D eigenvalue weighted by Crippen LogP contribution is 2.38. The standard InChI is InChI=1S/C28H28F5N3O3S/c1-18(3-4-20-5-7-21(8-6-20)28(31,32)33)11-26-38-13-23(14-39-26)40-19(2)27(37,15-36-17-34-16-35-36)24-10-9-22(29)12-25(24)30/h3-12,16-17,19,23,26,37H,13-15H2,1-2H3/t19-,23-,26-,27-/m1/s1. The lowest BCUT2D eigenvalue weighted by atomic mass is 9.90. The molecule has 1 aliphatic heterocycles. The van der Waals surface area contributed by atoms with E-state index in [0.717, 1.165) is 29.8 Å². The third-order valence-corrected chi connectivity index (χ3v) is 7.86. The first-order valence-electron chi connectivity index (χ1n) is 12.4. The second-order valence-corrected chi connectivity index (χ2v) is 11.1. The molecule has 4 rings (SSSR count). The summed E-state index contributed by atoms with van der Waals surface area (Å²) in [4.78, 5) is 3.87. The largest absolute Gasteiger partial charge is 0.416 e. The number of hydrogen-bond donors (Lipinski definition) is 1. The van der Waals surface area contributed by atoms with Crippen LogP contribution in [0.25, 0.3) is 6.08 Å². The summed E-state index contributed by atoms with van der Waals surface area (Å²) in [5.74, 6) is -1.61. The van der Waals surface area contributed by atoms with Gasteiger partial charge in [0.1, 0.15) is 29.9 Å². The van der Waals surface area contributed by atoms with Crippen molar-refractivity contribution in [3.63, 3.8) is 0 Å². The van der Waals surface area contributed by atoms with E-state index in [4.69, 9.17) is 9.47 Å². The van der Waals surface area contributed by atoms with Gasteiger partial charge in [-0.1, -0.05) is 42.8 Å². The van der Waals surface area contributed by atoms with Crippen LogP contribution in [0.5, 0.6) is 0 Å². The molecule has 0 unspecified atom stereocenters. The molecule has 0 saturated carbocycles. The Kier molecular flexibility index (Phi) is 9.44. The summed E-state index contributed by atoms with van der Waals surface area (Å²) in [6.07, 6.45) is 2.89. The summed E-state index contributed by atoms with van der Waals surface area (Å²) in [6.45, 7) is 4.03. The normalized spacial score (nSPS) is 20.9. The predicted octanol–water partition coefficient (Wildman–Crippen LogP) is 5.99. The van der Waals surface area contributed by atoms with Gasteiger partial charge in [0.2, 0.25) is 0 Å². The molecule has 0 amide bonds. The molecule has 12 heteroatoms. The monoisotopic (exact) mass is 581 g/mol. The summed E-state index contributed by atoms with van der Waals surface area (Å²) in [5, 5.41) is 14.9. The van der Waals surface area contributed by atoms with Crippen LogP contribution in [0, 0.1) is 11.6 Å². The molecule has 1 fully saturated rings. The van der Waals surface area contributed by atoms with E-state index in [1.54, 1.807) is 25.2 Å². The number of nitrogens with zero attached hydrogens (tertiary/aromatic N) is 3. The average molecular weight is 582 g/mol. The van der Waals surface area contributed by atoms with Gasteiger partial charge in [0.25, 0.3) is 0 Å². The summed E-state index contributed by atoms with van der Waals surface area (Å²) >= 11 is 1.35. The second-order valence-electron chi connectivity index (χ2n) is 9.44. The fourth-order valence-corrected chi connectivity index (χ4v) is 5.51.